The SMILES string of the molecule is Cn1c(C(=O)NC2CCCCC2C(F)(F)F)c(Cl)c2ccccc21. The summed E-state index contributed by atoms with van der Waals surface area (Å²) < 4.78 is 41.2. The van der Waals surface area contributed by atoms with E-state index in [9.17, 15) is 18.0 Å². The van der Waals surface area contributed by atoms with Gasteiger partial charge < -0.3 is 9.88 Å². The second kappa shape index (κ2) is 6.31. The van der Waals surface area contributed by atoms with Crippen LogP contribution in [-0.4, -0.2) is 22.7 Å². The first-order valence-electron chi connectivity index (χ1n) is 7.91. The van der Waals surface area contributed by atoms with Gasteiger partial charge in [0, 0.05) is 24.0 Å². The molecule has 1 aliphatic carbocycles. The van der Waals surface area contributed by atoms with Gasteiger partial charge in [-0.2, -0.15) is 13.2 Å². The van der Waals surface area contributed by atoms with Gasteiger partial charge in [-0.25, -0.2) is 0 Å². The molecular weight excluding hydrogens is 341 g/mol. The number of carbonyl (C=O) groups is 1. The Labute approximate surface area is 142 Å². The van der Waals surface area contributed by atoms with Crippen molar-refractivity contribution in [1.29, 1.82) is 0 Å². The summed E-state index contributed by atoms with van der Waals surface area (Å²) in [5.74, 6) is -2.05. The normalized spacial score (nSPS) is 21.9. The Bertz CT molecular complexity index is 730. The summed E-state index contributed by atoms with van der Waals surface area (Å²) >= 11 is 6.30. The minimum absolute atomic E-state index is 0.0529. The molecule has 7 heteroatoms. The Morgan fingerprint density at radius 3 is 2.58 bits per heavy atom. The average molecular weight is 359 g/mol. The van der Waals surface area contributed by atoms with Gasteiger partial charge in [-0.05, 0) is 18.9 Å². The van der Waals surface area contributed by atoms with Crippen molar-refractivity contribution in [2.75, 3.05) is 0 Å². The summed E-state index contributed by atoms with van der Waals surface area (Å²) in [5.41, 5.74) is 0.966. The Morgan fingerprint density at radius 2 is 1.92 bits per heavy atom. The van der Waals surface area contributed by atoms with E-state index in [0.717, 1.165) is 5.52 Å². The zero-order chi connectivity index (χ0) is 17.5. The highest BCUT2D eigenvalue weighted by Gasteiger charge is 2.46. The highest BCUT2D eigenvalue weighted by atomic mass is 35.5. The molecule has 2 aromatic rings. The molecule has 0 aliphatic heterocycles. The second-order valence-corrected chi connectivity index (χ2v) is 6.63. The number of hydrogen-bond donors (Lipinski definition) is 1. The summed E-state index contributed by atoms with van der Waals surface area (Å²) in [6.45, 7) is 0. The van der Waals surface area contributed by atoms with Crippen LogP contribution in [0.5, 0.6) is 0 Å². The Morgan fingerprint density at radius 1 is 1.25 bits per heavy atom. The summed E-state index contributed by atoms with van der Waals surface area (Å²) in [5, 5.41) is 3.55. The maximum atomic E-state index is 13.2. The van der Waals surface area contributed by atoms with E-state index in [1.54, 1.807) is 23.7 Å². The number of para-hydroxylation sites is 1. The lowest BCUT2D eigenvalue weighted by Crippen LogP contribution is -2.48. The van der Waals surface area contributed by atoms with Gasteiger partial charge in [0.1, 0.15) is 5.69 Å². The lowest BCUT2D eigenvalue weighted by molar-refractivity contribution is -0.187. The molecule has 0 spiro atoms. The van der Waals surface area contributed by atoms with Crippen LogP contribution in [0.25, 0.3) is 10.9 Å². The number of aromatic nitrogens is 1. The highest BCUT2D eigenvalue weighted by molar-refractivity contribution is 6.38. The fraction of sp³-hybridized carbons (Fsp3) is 0.471. The Balaban J connectivity index is 1.90. The van der Waals surface area contributed by atoms with Crippen molar-refractivity contribution in [3.63, 3.8) is 0 Å². The fourth-order valence-corrected chi connectivity index (χ4v) is 3.90. The smallest absolute Gasteiger partial charge is 0.347 e. The molecular formula is C17H18ClF3N2O. The second-order valence-electron chi connectivity index (χ2n) is 6.25. The number of amides is 1. The first kappa shape index (κ1) is 17.1. The summed E-state index contributed by atoms with van der Waals surface area (Å²) in [4.78, 5) is 12.6. The van der Waals surface area contributed by atoms with Gasteiger partial charge in [0.05, 0.1) is 10.9 Å². The third-order valence-corrected chi connectivity index (χ3v) is 5.15. The minimum Gasteiger partial charge on any atom is -0.347 e. The van der Waals surface area contributed by atoms with Gasteiger partial charge >= 0.3 is 6.18 Å². The van der Waals surface area contributed by atoms with Crippen LogP contribution in [0, 0.1) is 5.92 Å². The van der Waals surface area contributed by atoms with E-state index in [1.807, 2.05) is 12.1 Å². The van der Waals surface area contributed by atoms with E-state index < -0.39 is 24.0 Å². The molecule has 2 atom stereocenters. The van der Waals surface area contributed by atoms with Gasteiger partial charge in [0.15, 0.2) is 0 Å². The molecule has 0 bridgehead atoms. The quantitative estimate of drug-likeness (QED) is 0.830. The minimum atomic E-state index is -4.30. The van der Waals surface area contributed by atoms with Crippen LogP contribution in [0.2, 0.25) is 5.02 Å². The first-order valence-corrected chi connectivity index (χ1v) is 8.29. The van der Waals surface area contributed by atoms with Crippen LogP contribution >= 0.6 is 11.6 Å². The third kappa shape index (κ3) is 2.99. The summed E-state index contributed by atoms with van der Waals surface area (Å²) in [7, 11) is 1.69. The zero-order valence-corrected chi connectivity index (χ0v) is 13.9. The van der Waals surface area contributed by atoms with Gasteiger partial charge in [0.25, 0.3) is 5.91 Å². The molecule has 1 N–H and O–H groups in total. The molecule has 3 rings (SSSR count). The lowest BCUT2D eigenvalue weighted by Gasteiger charge is -2.33. The van der Waals surface area contributed by atoms with Crippen LogP contribution < -0.4 is 5.32 Å². The van der Waals surface area contributed by atoms with Crippen LogP contribution in [-0.2, 0) is 7.05 Å². The van der Waals surface area contributed by atoms with Crippen LogP contribution in [0.3, 0.4) is 0 Å². The fourth-order valence-electron chi connectivity index (χ4n) is 3.53. The third-order valence-electron chi connectivity index (χ3n) is 4.76. The van der Waals surface area contributed by atoms with Gasteiger partial charge in [-0.15, -0.1) is 0 Å². The topological polar surface area (TPSA) is 34.0 Å². The molecule has 0 saturated heterocycles. The molecule has 1 saturated carbocycles. The number of nitrogens with one attached hydrogen (secondary N) is 1. The van der Waals surface area contributed by atoms with Gasteiger partial charge in [-0.3, -0.25) is 4.79 Å². The molecule has 2 unspecified atom stereocenters. The van der Waals surface area contributed by atoms with Crippen molar-refractivity contribution < 1.29 is 18.0 Å². The monoisotopic (exact) mass is 358 g/mol. The number of hydrogen-bond acceptors (Lipinski definition) is 1. The predicted molar refractivity (Wildman–Crippen MR) is 87.2 cm³/mol. The van der Waals surface area contributed by atoms with E-state index >= 15 is 0 Å². The van der Waals surface area contributed by atoms with E-state index in [-0.39, 0.29) is 17.1 Å². The number of halogens is 4. The summed E-state index contributed by atoms with van der Waals surface area (Å²) in [6, 6.07) is 6.32. The number of carbonyl (C=O) groups excluding carboxylic acids is 1. The largest absolute Gasteiger partial charge is 0.393 e. The lowest BCUT2D eigenvalue weighted by atomic mass is 9.84. The molecule has 130 valence electrons. The molecule has 0 radical (unpaired) electrons. The number of aryl methyl sites for hydroxylation is 1. The van der Waals surface area contributed by atoms with Crippen molar-refractivity contribution >= 4 is 28.4 Å². The van der Waals surface area contributed by atoms with E-state index in [0.29, 0.717) is 24.6 Å². The van der Waals surface area contributed by atoms with E-state index in [4.69, 9.17) is 11.6 Å². The van der Waals surface area contributed by atoms with Crippen LogP contribution in [0.4, 0.5) is 13.2 Å². The van der Waals surface area contributed by atoms with Gasteiger partial charge in [-0.1, -0.05) is 42.6 Å². The number of alkyl halides is 3. The van der Waals surface area contributed by atoms with Crippen LogP contribution in [0.1, 0.15) is 36.2 Å². The first-order chi connectivity index (χ1) is 11.3. The van der Waals surface area contributed by atoms with Crippen molar-refractivity contribution in [2.45, 2.75) is 37.9 Å². The van der Waals surface area contributed by atoms with E-state index in [2.05, 4.69) is 5.32 Å². The average Bonchev–Trinajstić information content (AvgIpc) is 2.79. The van der Waals surface area contributed by atoms with Crippen molar-refractivity contribution in [2.24, 2.45) is 13.0 Å². The number of benzene rings is 1. The van der Waals surface area contributed by atoms with Gasteiger partial charge in [0.2, 0.25) is 0 Å². The van der Waals surface area contributed by atoms with Crippen LogP contribution in [0.15, 0.2) is 24.3 Å². The molecule has 1 amide bonds. The molecule has 1 aromatic heterocycles. The Kier molecular flexibility index (Phi) is 4.51. The molecule has 1 aliphatic rings. The maximum Gasteiger partial charge on any atom is 0.393 e. The van der Waals surface area contributed by atoms with E-state index in [1.165, 1.54) is 0 Å². The molecule has 1 fully saturated rings. The van der Waals surface area contributed by atoms with Crippen molar-refractivity contribution in [3.05, 3.63) is 35.0 Å². The molecule has 3 nitrogen and oxygen atoms in total. The zero-order valence-electron chi connectivity index (χ0n) is 13.2. The Hall–Kier alpha value is -1.69. The summed E-state index contributed by atoms with van der Waals surface area (Å²) in [6.07, 6.45) is -2.71. The number of rotatable bonds is 2. The predicted octanol–water partition coefficient (Wildman–Crippen LogP) is 4.68. The maximum absolute atomic E-state index is 13.2. The molecule has 24 heavy (non-hydrogen) atoms. The highest BCUT2D eigenvalue weighted by Crippen LogP contribution is 2.38. The standard InChI is InChI=1S/C17H18ClF3N2O/c1-23-13-9-5-2-6-10(13)14(18)15(23)16(24)22-12-8-4-3-7-11(12)17(19,20)21/h2,5-6,9,11-12H,3-4,7-8H2,1H3,(H,22,24). The number of fused-ring (bicyclic) bond motifs is 1. The molecule has 1 aromatic carbocycles. The molecule has 1 heterocycles. The number of nitrogens with zero attached hydrogens (tertiary/aromatic N) is 1. The van der Waals surface area contributed by atoms with Crippen molar-refractivity contribution in [1.82, 2.24) is 9.88 Å². The van der Waals surface area contributed by atoms with Crippen molar-refractivity contribution in [3.8, 4) is 0 Å².